The molecule has 1 aliphatic carbocycles. The van der Waals surface area contributed by atoms with Crippen LogP contribution in [-0.2, 0) is 0 Å². The fourth-order valence-electron chi connectivity index (χ4n) is 2.70. The fraction of sp³-hybridized carbons (Fsp3) is 0.389. The highest BCUT2D eigenvalue weighted by Gasteiger charge is 2.23. The van der Waals surface area contributed by atoms with Crippen molar-refractivity contribution in [1.82, 2.24) is 0 Å². The smallest absolute Gasteiger partial charge is 0.185 e. The van der Waals surface area contributed by atoms with Crippen molar-refractivity contribution in [1.29, 1.82) is 0 Å². The Balaban J connectivity index is 2.17. The average Bonchev–Trinajstić information content (AvgIpc) is 2.42. The van der Waals surface area contributed by atoms with Gasteiger partial charge in [0.1, 0.15) is 0 Å². The molecule has 0 radical (unpaired) electrons. The molecule has 19 heavy (non-hydrogen) atoms. The van der Waals surface area contributed by atoms with E-state index in [1.54, 1.807) is 0 Å². The molecule has 1 aliphatic rings. The minimum atomic E-state index is 0.129. The van der Waals surface area contributed by atoms with Crippen LogP contribution >= 0.6 is 0 Å². The molecule has 0 heterocycles. The molecule has 2 rings (SSSR count). The summed E-state index contributed by atoms with van der Waals surface area (Å²) in [6, 6.07) is 9.51. The van der Waals surface area contributed by atoms with Crippen LogP contribution in [0.3, 0.4) is 0 Å². The van der Waals surface area contributed by atoms with Crippen LogP contribution in [-0.4, -0.2) is 5.78 Å². The molecule has 1 aromatic rings. The molecule has 0 aromatic heterocycles. The Hall–Kier alpha value is -1.63. The largest absolute Gasteiger partial charge is 0.289 e. The van der Waals surface area contributed by atoms with Gasteiger partial charge in [0.05, 0.1) is 0 Å². The van der Waals surface area contributed by atoms with Crippen LogP contribution in [0.25, 0.3) is 0 Å². The topological polar surface area (TPSA) is 17.1 Å². The third-order valence-electron chi connectivity index (χ3n) is 4.13. The van der Waals surface area contributed by atoms with E-state index in [0.29, 0.717) is 11.8 Å². The molecule has 0 amide bonds. The zero-order valence-corrected chi connectivity index (χ0v) is 11.9. The Morgan fingerprint density at radius 1 is 1.26 bits per heavy atom. The number of carbonyl (C=O) groups is 1. The van der Waals surface area contributed by atoms with Crippen molar-refractivity contribution in [2.45, 2.75) is 33.1 Å². The van der Waals surface area contributed by atoms with Gasteiger partial charge in [-0.25, -0.2) is 0 Å². The molecule has 100 valence electrons. The molecular weight excluding hydrogens is 232 g/mol. The molecular formula is C18H22O. The maximum absolute atomic E-state index is 12.2. The summed E-state index contributed by atoms with van der Waals surface area (Å²) in [7, 11) is 0. The molecule has 1 heteroatoms. The lowest BCUT2D eigenvalue weighted by atomic mass is 9.76. The molecule has 1 fully saturated rings. The summed E-state index contributed by atoms with van der Waals surface area (Å²) in [5.41, 5.74) is 3.30. The van der Waals surface area contributed by atoms with Gasteiger partial charge in [-0.2, -0.15) is 0 Å². The van der Waals surface area contributed by atoms with Crippen LogP contribution in [0.4, 0.5) is 0 Å². The first-order valence-electron chi connectivity index (χ1n) is 7.03. The standard InChI is InChI=1S/C18H22O/c1-13(2)16-10-9-14(3)17(11-16)12-18(19)15-7-5-4-6-8-15/h4-8,12,14,16H,1,9-11H2,2-3H3. The van der Waals surface area contributed by atoms with E-state index in [0.717, 1.165) is 18.4 Å². The number of hydrogen-bond acceptors (Lipinski definition) is 1. The van der Waals surface area contributed by atoms with E-state index in [1.807, 2.05) is 36.4 Å². The van der Waals surface area contributed by atoms with Crippen molar-refractivity contribution >= 4 is 5.78 Å². The van der Waals surface area contributed by atoms with Gasteiger partial charge in [0.25, 0.3) is 0 Å². The number of rotatable bonds is 3. The molecule has 0 bridgehead atoms. The third-order valence-corrected chi connectivity index (χ3v) is 4.13. The van der Waals surface area contributed by atoms with Crippen LogP contribution in [0.5, 0.6) is 0 Å². The second-order valence-electron chi connectivity index (χ2n) is 5.68. The summed E-state index contributed by atoms with van der Waals surface area (Å²) in [4.78, 5) is 12.2. The van der Waals surface area contributed by atoms with Gasteiger partial charge in [-0.1, -0.05) is 55.0 Å². The summed E-state index contributed by atoms with van der Waals surface area (Å²) in [6.45, 7) is 8.38. The maximum Gasteiger partial charge on any atom is 0.185 e. The van der Waals surface area contributed by atoms with Crippen LogP contribution in [0.15, 0.2) is 54.1 Å². The molecule has 0 saturated heterocycles. The van der Waals surface area contributed by atoms with Gasteiger partial charge in [0.15, 0.2) is 5.78 Å². The first kappa shape index (κ1) is 13.8. The van der Waals surface area contributed by atoms with Crippen LogP contribution < -0.4 is 0 Å². The number of carbonyl (C=O) groups excluding carboxylic acids is 1. The second kappa shape index (κ2) is 6.01. The van der Waals surface area contributed by atoms with Crippen molar-refractivity contribution in [2.24, 2.45) is 11.8 Å². The molecule has 0 aliphatic heterocycles. The number of benzene rings is 1. The lowest BCUT2D eigenvalue weighted by Gasteiger charge is -2.29. The van der Waals surface area contributed by atoms with E-state index in [4.69, 9.17) is 0 Å². The van der Waals surface area contributed by atoms with Gasteiger partial charge >= 0.3 is 0 Å². The molecule has 1 aromatic carbocycles. The van der Waals surface area contributed by atoms with E-state index < -0.39 is 0 Å². The van der Waals surface area contributed by atoms with Crippen molar-refractivity contribution in [3.8, 4) is 0 Å². The normalized spacial score (nSPS) is 25.3. The highest BCUT2D eigenvalue weighted by atomic mass is 16.1. The Morgan fingerprint density at radius 3 is 2.58 bits per heavy atom. The van der Waals surface area contributed by atoms with Crippen LogP contribution in [0.1, 0.15) is 43.5 Å². The zero-order valence-electron chi connectivity index (χ0n) is 11.9. The summed E-state index contributed by atoms with van der Waals surface area (Å²) in [5.74, 6) is 1.19. The monoisotopic (exact) mass is 254 g/mol. The quantitative estimate of drug-likeness (QED) is 0.430. The Bertz CT molecular complexity index is 496. The van der Waals surface area contributed by atoms with E-state index >= 15 is 0 Å². The Labute approximate surface area is 116 Å². The molecule has 2 unspecified atom stereocenters. The lowest BCUT2D eigenvalue weighted by molar-refractivity contribution is 0.104. The first-order chi connectivity index (χ1) is 9.08. The second-order valence-corrected chi connectivity index (χ2v) is 5.68. The molecule has 2 atom stereocenters. The van der Waals surface area contributed by atoms with Crippen molar-refractivity contribution < 1.29 is 4.79 Å². The average molecular weight is 254 g/mol. The fourth-order valence-corrected chi connectivity index (χ4v) is 2.70. The van der Waals surface area contributed by atoms with Crippen molar-refractivity contribution in [3.05, 3.63) is 59.7 Å². The predicted octanol–water partition coefficient (Wildman–Crippen LogP) is 4.81. The lowest BCUT2D eigenvalue weighted by Crippen LogP contribution is -2.17. The van der Waals surface area contributed by atoms with Gasteiger partial charge in [-0.3, -0.25) is 4.79 Å². The number of hydrogen-bond donors (Lipinski definition) is 0. The Morgan fingerprint density at radius 2 is 1.95 bits per heavy atom. The Kier molecular flexibility index (Phi) is 4.36. The van der Waals surface area contributed by atoms with E-state index in [1.165, 1.54) is 17.6 Å². The van der Waals surface area contributed by atoms with Gasteiger partial charge in [-0.15, -0.1) is 0 Å². The molecule has 1 saturated carbocycles. The van der Waals surface area contributed by atoms with Gasteiger partial charge in [-0.05, 0) is 44.1 Å². The van der Waals surface area contributed by atoms with Gasteiger partial charge in [0, 0.05) is 5.56 Å². The summed E-state index contributed by atoms with van der Waals surface area (Å²) in [5, 5.41) is 0. The highest BCUT2D eigenvalue weighted by molar-refractivity contribution is 6.04. The van der Waals surface area contributed by atoms with Gasteiger partial charge in [0.2, 0.25) is 0 Å². The molecule has 0 spiro atoms. The zero-order chi connectivity index (χ0) is 13.8. The third kappa shape index (κ3) is 3.44. The first-order valence-corrected chi connectivity index (χ1v) is 7.03. The number of ketones is 1. The van der Waals surface area contributed by atoms with Crippen molar-refractivity contribution in [2.75, 3.05) is 0 Å². The minimum Gasteiger partial charge on any atom is -0.289 e. The molecule has 1 nitrogen and oxygen atoms in total. The van der Waals surface area contributed by atoms with E-state index in [2.05, 4.69) is 20.4 Å². The summed E-state index contributed by atoms with van der Waals surface area (Å²) < 4.78 is 0. The summed E-state index contributed by atoms with van der Waals surface area (Å²) >= 11 is 0. The minimum absolute atomic E-state index is 0.129. The maximum atomic E-state index is 12.2. The van der Waals surface area contributed by atoms with Crippen molar-refractivity contribution in [3.63, 3.8) is 0 Å². The molecule has 0 N–H and O–H groups in total. The summed E-state index contributed by atoms with van der Waals surface area (Å²) in [6.07, 6.45) is 5.21. The SMILES string of the molecule is C=C(C)C1CCC(C)C(=CC(=O)c2ccccc2)C1. The predicted molar refractivity (Wildman–Crippen MR) is 80.2 cm³/mol. The van der Waals surface area contributed by atoms with Crippen LogP contribution in [0.2, 0.25) is 0 Å². The number of allylic oxidation sites excluding steroid dienone is 3. The van der Waals surface area contributed by atoms with Crippen LogP contribution in [0, 0.1) is 11.8 Å². The van der Waals surface area contributed by atoms with E-state index in [9.17, 15) is 4.79 Å². The van der Waals surface area contributed by atoms with Gasteiger partial charge < -0.3 is 0 Å². The highest BCUT2D eigenvalue weighted by Crippen LogP contribution is 2.36. The van der Waals surface area contributed by atoms with E-state index in [-0.39, 0.29) is 5.78 Å².